The molecule has 8 heteroatoms. The molecule has 0 aliphatic carbocycles. The average molecular weight is 326 g/mol. The average Bonchev–Trinajstić information content (AvgIpc) is 2.87. The van der Waals surface area contributed by atoms with Crippen LogP contribution in [-0.2, 0) is 19.1 Å². The first-order valence-corrected chi connectivity index (χ1v) is 7.10. The van der Waals surface area contributed by atoms with E-state index in [9.17, 15) is 23.2 Å². The summed E-state index contributed by atoms with van der Waals surface area (Å²) in [5.41, 5.74) is -0.214. The van der Waals surface area contributed by atoms with Crippen molar-refractivity contribution in [2.45, 2.75) is 25.9 Å². The Morgan fingerprint density at radius 1 is 1.39 bits per heavy atom. The lowest BCUT2D eigenvalue weighted by molar-refractivity contribution is -0.155. The first-order chi connectivity index (χ1) is 10.9. The molecule has 1 fully saturated rings. The molecule has 2 amide bonds. The fourth-order valence-electron chi connectivity index (χ4n) is 2.14. The molecule has 0 bridgehead atoms. The van der Waals surface area contributed by atoms with E-state index < -0.39 is 29.6 Å². The van der Waals surface area contributed by atoms with E-state index in [1.54, 1.807) is 0 Å². The molecule has 1 heterocycles. The van der Waals surface area contributed by atoms with Gasteiger partial charge in [0.1, 0.15) is 18.2 Å². The second-order valence-corrected chi connectivity index (χ2v) is 5.16. The Bertz CT molecular complexity index is 636. The number of anilines is 1. The number of hydrogen-bond donors (Lipinski definition) is 1. The van der Waals surface area contributed by atoms with Crippen LogP contribution in [0.5, 0.6) is 0 Å². The van der Waals surface area contributed by atoms with Gasteiger partial charge in [-0.3, -0.25) is 14.4 Å². The van der Waals surface area contributed by atoms with E-state index in [0.717, 1.165) is 12.1 Å². The molecule has 1 aliphatic heterocycles. The van der Waals surface area contributed by atoms with Crippen LogP contribution < -0.4 is 5.32 Å². The maximum Gasteiger partial charge on any atom is 0.326 e. The highest BCUT2D eigenvalue weighted by molar-refractivity contribution is 5.95. The molecular formula is C15H16F2N2O4. The van der Waals surface area contributed by atoms with Crippen molar-refractivity contribution < 1.29 is 27.9 Å². The zero-order valence-corrected chi connectivity index (χ0v) is 12.5. The molecule has 1 aromatic carbocycles. The van der Waals surface area contributed by atoms with Gasteiger partial charge in [0.2, 0.25) is 5.91 Å². The van der Waals surface area contributed by atoms with Crippen molar-refractivity contribution in [1.82, 2.24) is 4.90 Å². The van der Waals surface area contributed by atoms with Gasteiger partial charge in [-0.15, -0.1) is 0 Å². The second kappa shape index (κ2) is 7.17. The van der Waals surface area contributed by atoms with E-state index in [2.05, 4.69) is 5.32 Å². The molecule has 0 radical (unpaired) electrons. The Balaban J connectivity index is 1.86. The fourth-order valence-corrected chi connectivity index (χ4v) is 2.14. The summed E-state index contributed by atoms with van der Waals surface area (Å²) in [4.78, 5) is 36.3. The van der Waals surface area contributed by atoms with Crippen LogP contribution in [0, 0.1) is 11.6 Å². The van der Waals surface area contributed by atoms with E-state index in [-0.39, 0.29) is 18.1 Å². The third-order valence-electron chi connectivity index (χ3n) is 3.36. The molecule has 6 nitrogen and oxygen atoms in total. The van der Waals surface area contributed by atoms with Gasteiger partial charge < -0.3 is 15.0 Å². The molecule has 0 unspecified atom stereocenters. The Labute approximate surface area is 131 Å². The number of nitrogens with one attached hydrogen (secondary N) is 1. The smallest absolute Gasteiger partial charge is 0.326 e. The molecule has 0 saturated carbocycles. The van der Waals surface area contributed by atoms with Crippen molar-refractivity contribution in [3.8, 4) is 0 Å². The lowest BCUT2D eigenvalue weighted by atomic mass is 10.2. The summed E-state index contributed by atoms with van der Waals surface area (Å²) in [6, 6.07) is 2.69. The number of carbonyl (C=O) groups excluding carboxylic acids is 3. The summed E-state index contributed by atoms with van der Waals surface area (Å²) in [5.74, 6) is -3.30. The van der Waals surface area contributed by atoms with Gasteiger partial charge >= 0.3 is 5.97 Å². The molecule has 124 valence electrons. The van der Waals surface area contributed by atoms with Gasteiger partial charge in [-0.25, -0.2) is 8.78 Å². The van der Waals surface area contributed by atoms with Crippen LogP contribution >= 0.6 is 0 Å². The van der Waals surface area contributed by atoms with E-state index in [0.29, 0.717) is 25.5 Å². The predicted molar refractivity (Wildman–Crippen MR) is 76.4 cm³/mol. The van der Waals surface area contributed by atoms with Crippen molar-refractivity contribution in [3.05, 3.63) is 29.8 Å². The number of nitrogens with zero attached hydrogens (tertiary/aromatic N) is 1. The third-order valence-corrected chi connectivity index (χ3v) is 3.36. The zero-order valence-electron chi connectivity index (χ0n) is 12.5. The lowest BCUT2D eigenvalue weighted by Gasteiger charge is -2.17. The molecule has 1 N–H and O–H groups in total. The van der Waals surface area contributed by atoms with Crippen LogP contribution in [0.2, 0.25) is 0 Å². The van der Waals surface area contributed by atoms with Crippen LogP contribution in [0.15, 0.2) is 18.2 Å². The van der Waals surface area contributed by atoms with Gasteiger partial charge in [-0.2, -0.15) is 0 Å². The maximum atomic E-state index is 13.4. The number of carbonyl (C=O) groups is 3. The minimum absolute atomic E-state index is 0.132. The Hall–Kier alpha value is -2.51. The van der Waals surface area contributed by atoms with Gasteiger partial charge in [-0.05, 0) is 25.5 Å². The highest BCUT2D eigenvalue weighted by atomic mass is 19.1. The van der Waals surface area contributed by atoms with Crippen LogP contribution in [0.25, 0.3) is 0 Å². The third kappa shape index (κ3) is 4.48. The number of amides is 2. The monoisotopic (exact) mass is 326 g/mol. The van der Waals surface area contributed by atoms with E-state index in [1.165, 1.54) is 11.8 Å². The van der Waals surface area contributed by atoms with Gasteiger partial charge in [0.05, 0.1) is 5.69 Å². The van der Waals surface area contributed by atoms with Crippen LogP contribution in [0.3, 0.4) is 0 Å². The molecule has 1 atom stereocenters. The largest absolute Gasteiger partial charge is 0.451 e. The van der Waals surface area contributed by atoms with E-state index in [4.69, 9.17) is 4.74 Å². The van der Waals surface area contributed by atoms with E-state index in [1.807, 2.05) is 0 Å². The first-order valence-electron chi connectivity index (χ1n) is 7.10. The summed E-state index contributed by atoms with van der Waals surface area (Å²) in [6.07, 6.45) is -0.0937. The molecule has 1 saturated heterocycles. The Morgan fingerprint density at radius 2 is 2.13 bits per heavy atom. The number of halogens is 2. The van der Waals surface area contributed by atoms with Crippen molar-refractivity contribution in [2.75, 3.05) is 18.4 Å². The Kier molecular flexibility index (Phi) is 5.25. The minimum Gasteiger partial charge on any atom is -0.451 e. The fraction of sp³-hybridized carbons (Fsp3) is 0.400. The number of hydrogen-bond acceptors (Lipinski definition) is 4. The summed E-state index contributed by atoms with van der Waals surface area (Å²) in [6.45, 7) is 1.58. The molecule has 2 rings (SSSR count). The number of esters is 1. The topological polar surface area (TPSA) is 75.7 Å². The normalized spacial score (nSPS) is 15.4. The predicted octanol–water partition coefficient (Wildman–Crippen LogP) is 1.46. The number of rotatable bonds is 5. The number of likely N-dealkylation sites (tertiary alicyclic amines) is 1. The van der Waals surface area contributed by atoms with Gasteiger partial charge in [0.25, 0.3) is 5.91 Å². The molecule has 1 aromatic rings. The van der Waals surface area contributed by atoms with Crippen molar-refractivity contribution in [3.63, 3.8) is 0 Å². The molecule has 0 aromatic heterocycles. The van der Waals surface area contributed by atoms with Crippen molar-refractivity contribution >= 4 is 23.5 Å². The first kappa shape index (κ1) is 16.9. The van der Waals surface area contributed by atoms with Crippen LogP contribution in [0.4, 0.5) is 14.5 Å². The zero-order chi connectivity index (χ0) is 17.0. The highest BCUT2D eigenvalue weighted by Crippen LogP contribution is 2.15. The van der Waals surface area contributed by atoms with E-state index >= 15 is 0 Å². The summed E-state index contributed by atoms with van der Waals surface area (Å²) < 4.78 is 31.1. The SMILES string of the molecule is C[C@H](OC(=O)CN1CCCC1=O)C(=O)Nc1ccc(F)cc1F. The summed E-state index contributed by atoms with van der Waals surface area (Å²) in [7, 11) is 0. The molecule has 0 spiro atoms. The van der Waals surface area contributed by atoms with Crippen molar-refractivity contribution in [2.24, 2.45) is 0 Å². The summed E-state index contributed by atoms with van der Waals surface area (Å²) >= 11 is 0. The Morgan fingerprint density at radius 3 is 2.74 bits per heavy atom. The van der Waals surface area contributed by atoms with Gasteiger partial charge in [0, 0.05) is 19.0 Å². The quantitative estimate of drug-likeness (QED) is 0.831. The number of benzene rings is 1. The molecular weight excluding hydrogens is 310 g/mol. The number of ether oxygens (including phenoxy) is 1. The van der Waals surface area contributed by atoms with Crippen LogP contribution in [-0.4, -0.2) is 41.9 Å². The van der Waals surface area contributed by atoms with Crippen LogP contribution in [0.1, 0.15) is 19.8 Å². The highest BCUT2D eigenvalue weighted by Gasteiger charge is 2.25. The summed E-state index contributed by atoms with van der Waals surface area (Å²) in [5, 5.41) is 2.21. The van der Waals surface area contributed by atoms with Gasteiger partial charge in [0.15, 0.2) is 6.10 Å². The van der Waals surface area contributed by atoms with Gasteiger partial charge in [-0.1, -0.05) is 0 Å². The molecule has 23 heavy (non-hydrogen) atoms. The maximum absolute atomic E-state index is 13.4. The molecule has 1 aliphatic rings. The standard InChI is InChI=1S/C15H16F2N2O4/c1-9(23-14(21)8-19-6-2-3-13(19)20)15(22)18-12-5-4-10(16)7-11(12)17/h4-5,7,9H,2-3,6,8H2,1H3,(H,18,22)/t9-/m0/s1. The lowest BCUT2D eigenvalue weighted by Crippen LogP contribution is -2.36. The second-order valence-electron chi connectivity index (χ2n) is 5.16. The van der Waals surface area contributed by atoms with Crippen molar-refractivity contribution in [1.29, 1.82) is 0 Å². The minimum atomic E-state index is -1.18.